The Morgan fingerprint density at radius 1 is 0.972 bits per heavy atom. The molecule has 3 aromatic heterocycles. The summed E-state index contributed by atoms with van der Waals surface area (Å²) >= 11 is 0. The highest BCUT2D eigenvalue weighted by Gasteiger charge is 2.23. The van der Waals surface area contributed by atoms with E-state index in [1.807, 2.05) is 36.0 Å². The Morgan fingerprint density at radius 3 is 2.42 bits per heavy atom. The number of benzene rings is 1. The number of nitrogens with one attached hydrogen (secondary N) is 1. The summed E-state index contributed by atoms with van der Waals surface area (Å²) in [6.07, 6.45) is 7.94. The molecule has 2 aliphatic heterocycles. The summed E-state index contributed by atoms with van der Waals surface area (Å²) in [6, 6.07) is 15.0. The van der Waals surface area contributed by atoms with E-state index in [0.717, 1.165) is 80.4 Å². The van der Waals surface area contributed by atoms with E-state index in [2.05, 4.69) is 61.3 Å². The summed E-state index contributed by atoms with van der Waals surface area (Å²) < 4.78 is 4.26. The van der Waals surface area contributed by atoms with Gasteiger partial charge < -0.3 is 19.7 Å². The zero-order valence-corrected chi connectivity index (χ0v) is 20.6. The molecule has 2 fully saturated rings. The second-order valence-corrected chi connectivity index (χ2v) is 9.67. The monoisotopic (exact) mass is 481 g/mol. The Morgan fingerprint density at radius 2 is 1.72 bits per heavy atom. The van der Waals surface area contributed by atoms with Crippen molar-refractivity contribution in [2.24, 2.45) is 7.05 Å². The van der Waals surface area contributed by atoms with Gasteiger partial charge in [0.2, 0.25) is 0 Å². The van der Waals surface area contributed by atoms with Crippen LogP contribution in [-0.4, -0.2) is 64.5 Å². The topological polar surface area (TPSA) is 71.2 Å². The first-order chi connectivity index (χ1) is 17.7. The smallest absolute Gasteiger partial charge is 0.143 e. The summed E-state index contributed by atoms with van der Waals surface area (Å²) in [5.41, 5.74) is 5.27. The van der Waals surface area contributed by atoms with Crippen molar-refractivity contribution in [3.05, 3.63) is 60.4 Å². The SMILES string of the molecule is Cn1ccc(-c2cn(C3CCNCC3)c3nc(N4CCN(c5ccc(C=C=O)cc5)CC4)ccc23)n1. The van der Waals surface area contributed by atoms with Crippen LogP contribution in [0.3, 0.4) is 0 Å². The molecule has 2 saturated heterocycles. The zero-order chi connectivity index (χ0) is 24.5. The number of pyridine rings is 1. The lowest BCUT2D eigenvalue weighted by molar-refractivity contribution is 0.375. The summed E-state index contributed by atoms with van der Waals surface area (Å²) in [4.78, 5) is 20.6. The predicted octanol–water partition coefficient (Wildman–Crippen LogP) is 3.53. The molecular weight excluding hydrogens is 450 g/mol. The van der Waals surface area contributed by atoms with E-state index in [1.165, 1.54) is 17.1 Å². The fourth-order valence-corrected chi connectivity index (χ4v) is 5.46. The highest BCUT2D eigenvalue weighted by molar-refractivity contribution is 5.94. The minimum atomic E-state index is 0.447. The molecule has 5 heterocycles. The molecule has 1 N–H and O–H groups in total. The number of hydrogen-bond acceptors (Lipinski definition) is 6. The van der Waals surface area contributed by atoms with Gasteiger partial charge in [-0.3, -0.25) is 4.68 Å². The third-order valence-corrected chi connectivity index (χ3v) is 7.44. The highest BCUT2D eigenvalue weighted by atomic mass is 16.1. The van der Waals surface area contributed by atoms with Crippen LogP contribution in [-0.2, 0) is 11.8 Å². The number of anilines is 2. The van der Waals surface area contributed by atoms with Gasteiger partial charge in [0, 0.05) is 74.4 Å². The van der Waals surface area contributed by atoms with Gasteiger partial charge in [-0.05, 0) is 61.8 Å². The van der Waals surface area contributed by atoms with Gasteiger partial charge >= 0.3 is 0 Å². The fourth-order valence-electron chi connectivity index (χ4n) is 5.46. The Labute approximate surface area is 210 Å². The summed E-state index contributed by atoms with van der Waals surface area (Å²) in [5.74, 6) is 2.88. The Kier molecular flexibility index (Phi) is 6.05. The molecule has 0 atom stereocenters. The number of carbonyl (C=O) groups excluding carboxylic acids is 1. The molecule has 0 saturated carbocycles. The van der Waals surface area contributed by atoms with Crippen LogP contribution in [0.25, 0.3) is 28.4 Å². The van der Waals surface area contributed by atoms with Crippen LogP contribution in [0, 0.1) is 0 Å². The molecule has 0 unspecified atom stereocenters. The molecule has 0 bridgehead atoms. The predicted molar refractivity (Wildman–Crippen MR) is 144 cm³/mol. The third-order valence-electron chi connectivity index (χ3n) is 7.44. The molecule has 0 spiro atoms. The molecule has 0 aliphatic carbocycles. The molecule has 8 heteroatoms. The normalized spacial score (nSPS) is 16.9. The van der Waals surface area contributed by atoms with Crippen LogP contribution in [0.4, 0.5) is 11.5 Å². The number of aromatic nitrogens is 4. The second kappa shape index (κ2) is 9.64. The average Bonchev–Trinajstić information content (AvgIpc) is 3.53. The van der Waals surface area contributed by atoms with Crippen molar-refractivity contribution in [1.29, 1.82) is 0 Å². The van der Waals surface area contributed by atoms with Crippen LogP contribution < -0.4 is 15.1 Å². The van der Waals surface area contributed by atoms with Crippen LogP contribution in [0.15, 0.2) is 54.9 Å². The maximum absolute atomic E-state index is 10.6. The Bertz CT molecular complexity index is 1400. The standard InChI is InChI=1S/C28H31N7O/c1-32-14-10-26(31-32)25-20-35(23-8-12-29-13-9-23)28-24(25)6-7-27(30-28)34-17-15-33(16-18-34)22-4-2-21(3-5-22)11-19-36/h2-7,10-11,14,20,23,29H,8-9,12-13,15-18H2,1H3. The second-order valence-electron chi connectivity index (χ2n) is 9.67. The number of piperazine rings is 1. The van der Waals surface area contributed by atoms with E-state index < -0.39 is 0 Å². The molecule has 36 heavy (non-hydrogen) atoms. The van der Waals surface area contributed by atoms with Gasteiger partial charge in [-0.15, -0.1) is 0 Å². The third kappa shape index (κ3) is 4.30. The Hall–Kier alpha value is -3.87. The van der Waals surface area contributed by atoms with Gasteiger partial charge in [0.25, 0.3) is 0 Å². The number of aryl methyl sites for hydroxylation is 1. The maximum atomic E-state index is 10.6. The zero-order valence-electron chi connectivity index (χ0n) is 20.6. The number of fused-ring (bicyclic) bond motifs is 1. The number of nitrogens with zero attached hydrogens (tertiary/aromatic N) is 6. The summed E-state index contributed by atoms with van der Waals surface area (Å²) in [5, 5.41) is 9.33. The van der Waals surface area contributed by atoms with Crippen molar-refractivity contribution >= 4 is 34.6 Å². The lowest BCUT2D eigenvalue weighted by atomic mass is 10.1. The molecule has 4 aromatic rings. The lowest BCUT2D eigenvalue weighted by Gasteiger charge is -2.37. The van der Waals surface area contributed by atoms with Crippen LogP contribution >= 0.6 is 0 Å². The number of rotatable bonds is 5. The van der Waals surface area contributed by atoms with Crippen molar-refractivity contribution in [2.45, 2.75) is 18.9 Å². The molecule has 6 rings (SSSR count). The number of hydrogen-bond donors (Lipinski definition) is 1. The van der Waals surface area contributed by atoms with Crippen molar-refractivity contribution < 1.29 is 4.79 Å². The molecule has 1 aromatic carbocycles. The molecule has 2 aliphatic rings. The first-order valence-corrected chi connectivity index (χ1v) is 12.7. The lowest BCUT2D eigenvalue weighted by Crippen LogP contribution is -2.46. The molecule has 0 radical (unpaired) electrons. The van der Waals surface area contributed by atoms with Gasteiger partial charge in [-0.1, -0.05) is 12.1 Å². The number of piperidine rings is 1. The van der Waals surface area contributed by atoms with Crippen LogP contribution in [0.5, 0.6) is 0 Å². The minimum Gasteiger partial charge on any atom is -0.368 e. The first kappa shape index (κ1) is 22.6. The average molecular weight is 482 g/mol. The van der Waals surface area contributed by atoms with E-state index in [9.17, 15) is 4.79 Å². The quantitative estimate of drug-likeness (QED) is 0.440. The molecule has 0 amide bonds. The highest BCUT2D eigenvalue weighted by Crippen LogP contribution is 2.34. The van der Waals surface area contributed by atoms with Gasteiger partial charge in [0.1, 0.15) is 17.4 Å². The Balaban J connectivity index is 1.27. The summed E-state index contributed by atoms with van der Waals surface area (Å²) in [7, 11) is 1.96. The molecular formula is C28H31N7O. The van der Waals surface area contributed by atoms with Crippen molar-refractivity contribution in [3.63, 3.8) is 0 Å². The van der Waals surface area contributed by atoms with Gasteiger partial charge in [-0.2, -0.15) is 5.10 Å². The first-order valence-electron chi connectivity index (χ1n) is 12.7. The van der Waals surface area contributed by atoms with Crippen LogP contribution in [0.2, 0.25) is 0 Å². The van der Waals surface area contributed by atoms with Crippen molar-refractivity contribution in [3.8, 4) is 11.3 Å². The van der Waals surface area contributed by atoms with Gasteiger partial charge in [0.15, 0.2) is 0 Å². The van der Waals surface area contributed by atoms with E-state index in [1.54, 1.807) is 0 Å². The van der Waals surface area contributed by atoms with Crippen LogP contribution in [0.1, 0.15) is 24.4 Å². The van der Waals surface area contributed by atoms with E-state index in [4.69, 9.17) is 4.98 Å². The molecule has 8 nitrogen and oxygen atoms in total. The molecule has 184 valence electrons. The van der Waals surface area contributed by atoms with Gasteiger partial charge in [0.05, 0.1) is 5.69 Å². The minimum absolute atomic E-state index is 0.447. The van der Waals surface area contributed by atoms with E-state index in [0.29, 0.717) is 6.04 Å². The van der Waals surface area contributed by atoms with E-state index in [-0.39, 0.29) is 0 Å². The largest absolute Gasteiger partial charge is 0.368 e. The van der Waals surface area contributed by atoms with Gasteiger partial charge in [-0.25, -0.2) is 9.78 Å². The fraction of sp³-hybridized carbons (Fsp3) is 0.357. The summed E-state index contributed by atoms with van der Waals surface area (Å²) in [6.45, 7) is 5.76. The van der Waals surface area contributed by atoms with Crippen molar-refractivity contribution in [1.82, 2.24) is 24.6 Å². The van der Waals surface area contributed by atoms with E-state index >= 15 is 0 Å². The van der Waals surface area contributed by atoms with Crippen molar-refractivity contribution in [2.75, 3.05) is 49.1 Å². The maximum Gasteiger partial charge on any atom is 0.143 e.